The molecule has 1 aliphatic heterocycles. The van der Waals surface area contributed by atoms with Crippen molar-refractivity contribution in [3.05, 3.63) is 46.8 Å². The number of fused-ring (bicyclic) bond motifs is 1. The van der Waals surface area contributed by atoms with Crippen molar-refractivity contribution in [3.8, 4) is 0 Å². The topological polar surface area (TPSA) is 64.0 Å². The van der Waals surface area contributed by atoms with E-state index in [2.05, 4.69) is 26.2 Å². The van der Waals surface area contributed by atoms with Gasteiger partial charge in [0, 0.05) is 23.3 Å². The number of aromatic nitrogens is 2. The number of carbonyl (C=O) groups excluding carboxylic acids is 2. The third kappa shape index (κ3) is 2.38. The number of rotatable bonds is 2. The van der Waals surface area contributed by atoms with Gasteiger partial charge >= 0.3 is 0 Å². The first-order valence-electron chi connectivity index (χ1n) is 6.27. The lowest BCUT2D eigenvalue weighted by molar-refractivity contribution is -0.119. The molecule has 0 bridgehead atoms. The van der Waals surface area contributed by atoms with Crippen molar-refractivity contribution in [1.29, 1.82) is 0 Å². The normalized spacial score (nSPS) is 17.6. The number of nitrogens with one attached hydrogen (secondary N) is 1. The van der Waals surface area contributed by atoms with Crippen molar-refractivity contribution < 1.29 is 9.59 Å². The maximum Gasteiger partial charge on any atom is 0.248 e. The number of carbonyl (C=O) groups is 2. The van der Waals surface area contributed by atoms with Gasteiger partial charge in [0.25, 0.3) is 0 Å². The van der Waals surface area contributed by atoms with Crippen LogP contribution < -0.4 is 5.32 Å². The summed E-state index contributed by atoms with van der Waals surface area (Å²) in [6, 6.07) is 6.72. The molecule has 0 aromatic carbocycles. The molecule has 1 N–H and O–H groups in total. The van der Waals surface area contributed by atoms with Crippen LogP contribution in [0.3, 0.4) is 0 Å². The van der Waals surface area contributed by atoms with Crippen LogP contribution in [0.15, 0.2) is 41.1 Å². The SMILES string of the molecule is O=C1CCC(C(=O)Nc2ccc(Br)cn2)n2cccc21. The highest BCUT2D eigenvalue weighted by Gasteiger charge is 2.29. The van der Waals surface area contributed by atoms with Crippen LogP contribution in [0.4, 0.5) is 5.82 Å². The Balaban J connectivity index is 1.80. The van der Waals surface area contributed by atoms with E-state index in [9.17, 15) is 9.59 Å². The van der Waals surface area contributed by atoms with E-state index in [0.29, 0.717) is 24.4 Å². The van der Waals surface area contributed by atoms with Gasteiger partial charge in [-0.3, -0.25) is 9.59 Å². The molecule has 3 rings (SSSR count). The summed E-state index contributed by atoms with van der Waals surface area (Å²) in [5, 5.41) is 2.78. The number of nitrogens with zero attached hydrogens (tertiary/aromatic N) is 2. The summed E-state index contributed by atoms with van der Waals surface area (Å²) in [6.07, 6.45) is 4.31. The molecule has 0 fully saturated rings. The highest BCUT2D eigenvalue weighted by molar-refractivity contribution is 9.10. The first-order valence-corrected chi connectivity index (χ1v) is 7.07. The molecule has 102 valence electrons. The van der Waals surface area contributed by atoms with Crippen molar-refractivity contribution in [2.45, 2.75) is 18.9 Å². The third-order valence-corrected chi connectivity index (χ3v) is 3.80. The molecule has 5 nitrogen and oxygen atoms in total. The highest BCUT2D eigenvalue weighted by Crippen LogP contribution is 2.26. The van der Waals surface area contributed by atoms with Crippen LogP contribution in [0.25, 0.3) is 0 Å². The lowest BCUT2D eigenvalue weighted by Crippen LogP contribution is -2.31. The second-order valence-electron chi connectivity index (χ2n) is 4.63. The largest absolute Gasteiger partial charge is 0.333 e. The number of anilines is 1. The van der Waals surface area contributed by atoms with E-state index < -0.39 is 0 Å². The smallest absolute Gasteiger partial charge is 0.248 e. The molecular formula is C14H12BrN3O2. The number of Topliss-reactive ketones (excluding diaryl/α,β-unsaturated/α-hetero) is 1. The standard InChI is InChI=1S/C14H12BrN3O2/c15-9-3-6-13(16-8-9)17-14(20)11-4-5-12(19)10-2-1-7-18(10)11/h1-3,6-8,11H,4-5H2,(H,16,17,20). The van der Waals surface area contributed by atoms with E-state index in [4.69, 9.17) is 0 Å². The summed E-state index contributed by atoms with van der Waals surface area (Å²) in [5.74, 6) is 0.439. The molecule has 0 saturated carbocycles. The van der Waals surface area contributed by atoms with Gasteiger partial charge < -0.3 is 9.88 Å². The summed E-state index contributed by atoms with van der Waals surface area (Å²) in [5.41, 5.74) is 0.597. The van der Waals surface area contributed by atoms with E-state index in [0.717, 1.165) is 4.47 Å². The van der Waals surface area contributed by atoms with E-state index in [-0.39, 0.29) is 17.7 Å². The number of hydrogen-bond acceptors (Lipinski definition) is 3. The molecule has 0 saturated heterocycles. The quantitative estimate of drug-likeness (QED) is 0.919. The molecule has 2 aromatic rings. The van der Waals surface area contributed by atoms with E-state index in [1.54, 1.807) is 35.2 Å². The summed E-state index contributed by atoms with van der Waals surface area (Å²) in [6.45, 7) is 0. The Hall–Kier alpha value is -1.95. The minimum atomic E-state index is -0.358. The van der Waals surface area contributed by atoms with Gasteiger partial charge in [0.15, 0.2) is 5.78 Å². The Morgan fingerprint density at radius 1 is 1.40 bits per heavy atom. The summed E-state index contributed by atoms with van der Waals surface area (Å²) in [7, 11) is 0. The van der Waals surface area contributed by atoms with Crippen LogP contribution in [-0.2, 0) is 4.79 Å². The van der Waals surface area contributed by atoms with Gasteiger partial charge in [-0.25, -0.2) is 4.98 Å². The van der Waals surface area contributed by atoms with Gasteiger partial charge in [-0.05, 0) is 46.6 Å². The zero-order valence-corrected chi connectivity index (χ0v) is 12.1. The number of ketones is 1. The average Bonchev–Trinajstić information content (AvgIpc) is 2.92. The Bertz CT molecular complexity index is 663. The van der Waals surface area contributed by atoms with Gasteiger partial charge in [0.05, 0.1) is 5.69 Å². The van der Waals surface area contributed by atoms with E-state index in [1.165, 1.54) is 0 Å². The van der Waals surface area contributed by atoms with Crippen LogP contribution in [0.2, 0.25) is 0 Å². The van der Waals surface area contributed by atoms with Gasteiger partial charge in [-0.1, -0.05) is 0 Å². The molecule has 1 aliphatic rings. The van der Waals surface area contributed by atoms with E-state index >= 15 is 0 Å². The fraction of sp³-hybridized carbons (Fsp3) is 0.214. The van der Waals surface area contributed by atoms with Crippen molar-refractivity contribution in [2.24, 2.45) is 0 Å². The predicted octanol–water partition coefficient (Wildman–Crippen LogP) is 2.80. The molecule has 1 amide bonds. The van der Waals surface area contributed by atoms with Crippen LogP contribution in [-0.4, -0.2) is 21.2 Å². The van der Waals surface area contributed by atoms with E-state index in [1.807, 2.05) is 6.07 Å². The van der Waals surface area contributed by atoms with Crippen LogP contribution in [0.5, 0.6) is 0 Å². The zero-order valence-electron chi connectivity index (χ0n) is 10.5. The zero-order chi connectivity index (χ0) is 14.1. The first kappa shape index (κ1) is 13.1. The lowest BCUT2D eigenvalue weighted by Gasteiger charge is -2.24. The van der Waals surface area contributed by atoms with Gasteiger partial charge in [-0.15, -0.1) is 0 Å². The van der Waals surface area contributed by atoms with Crippen LogP contribution >= 0.6 is 15.9 Å². The maximum atomic E-state index is 12.3. The monoisotopic (exact) mass is 333 g/mol. The molecule has 0 radical (unpaired) electrons. The first-order chi connectivity index (χ1) is 9.65. The lowest BCUT2D eigenvalue weighted by atomic mass is 10.0. The average molecular weight is 334 g/mol. The fourth-order valence-electron chi connectivity index (χ4n) is 2.35. The molecule has 3 heterocycles. The van der Waals surface area contributed by atoms with Crippen LogP contribution in [0.1, 0.15) is 29.4 Å². The summed E-state index contributed by atoms with van der Waals surface area (Å²) >= 11 is 3.29. The predicted molar refractivity (Wildman–Crippen MR) is 77.6 cm³/mol. The minimum absolute atomic E-state index is 0.0841. The van der Waals surface area contributed by atoms with Crippen molar-refractivity contribution in [1.82, 2.24) is 9.55 Å². The summed E-state index contributed by atoms with van der Waals surface area (Å²) < 4.78 is 2.59. The van der Waals surface area contributed by atoms with Gasteiger partial charge in [-0.2, -0.15) is 0 Å². The second-order valence-corrected chi connectivity index (χ2v) is 5.54. The van der Waals surface area contributed by atoms with Gasteiger partial charge in [0.2, 0.25) is 5.91 Å². The van der Waals surface area contributed by atoms with Crippen molar-refractivity contribution in [3.63, 3.8) is 0 Å². The Labute approximate surface area is 124 Å². The third-order valence-electron chi connectivity index (χ3n) is 3.33. The van der Waals surface area contributed by atoms with Crippen molar-refractivity contribution >= 4 is 33.4 Å². The number of hydrogen-bond donors (Lipinski definition) is 1. The molecular weight excluding hydrogens is 322 g/mol. The maximum absolute atomic E-state index is 12.3. The second kappa shape index (κ2) is 5.20. The molecule has 1 unspecified atom stereocenters. The number of pyridine rings is 1. The number of amides is 1. The highest BCUT2D eigenvalue weighted by atomic mass is 79.9. The molecule has 2 aromatic heterocycles. The Morgan fingerprint density at radius 2 is 2.25 bits per heavy atom. The fourth-order valence-corrected chi connectivity index (χ4v) is 2.59. The number of halogens is 1. The molecule has 6 heteroatoms. The van der Waals surface area contributed by atoms with Gasteiger partial charge in [0.1, 0.15) is 11.9 Å². The molecule has 0 aliphatic carbocycles. The Morgan fingerprint density at radius 3 is 3.00 bits per heavy atom. The Kier molecular flexibility index (Phi) is 3.40. The van der Waals surface area contributed by atoms with Crippen LogP contribution in [0, 0.1) is 0 Å². The molecule has 0 spiro atoms. The molecule has 20 heavy (non-hydrogen) atoms. The molecule has 1 atom stereocenters. The minimum Gasteiger partial charge on any atom is -0.333 e. The van der Waals surface area contributed by atoms with Crippen molar-refractivity contribution in [2.75, 3.05) is 5.32 Å². The summed E-state index contributed by atoms with van der Waals surface area (Å²) in [4.78, 5) is 28.2.